The number of hydrogen-bond acceptors (Lipinski definition) is 4. The Bertz CT molecular complexity index is 586. The second-order valence-corrected chi connectivity index (χ2v) is 7.70. The van der Waals surface area contributed by atoms with Crippen molar-refractivity contribution in [2.75, 3.05) is 13.7 Å². The van der Waals surface area contributed by atoms with E-state index in [0.717, 1.165) is 18.4 Å². The highest BCUT2D eigenvalue weighted by molar-refractivity contribution is 9.10. The molecule has 7 heteroatoms. The summed E-state index contributed by atoms with van der Waals surface area (Å²) >= 11 is 3.32. The van der Waals surface area contributed by atoms with Gasteiger partial charge in [-0.15, -0.1) is 0 Å². The molecule has 0 heterocycles. The normalized spacial score (nSPS) is 22.0. The molecule has 1 aromatic rings. The van der Waals surface area contributed by atoms with Crippen LogP contribution >= 0.6 is 15.9 Å². The van der Waals surface area contributed by atoms with Gasteiger partial charge < -0.3 is 10.1 Å². The summed E-state index contributed by atoms with van der Waals surface area (Å²) < 4.78 is 33.7. The van der Waals surface area contributed by atoms with E-state index < -0.39 is 10.0 Å². The molecular weight excluding hydrogens is 356 g/mol. The summed E-state index contributed by atoms with van der Waals surface area (Å²) in [7, 11) is -1.68. The SMILES string of the molecule is CCOC1CC(NS(=O)(=O)c2cc(CNC)ccc2Br)C1. The minimum atomic E-state index is -3.51. The van der Waals surface area contributed by atoms with Crippen LogP contribution in [0, 0.1) is 0 Å². The number of sulfonamides is 1. The standard InChI is InChI=1S/C14H21BrN2O3S/c1-3-20-12-7-11(8-12)17-21(18,19)14-6-10(9-16-2)4-5-13(14)15/h4-6,11-12,16-17H,3,7-9H2,1-2H3. The Labute approximate surface area is 134 Å². The summed E-state index contributed by atoms with van der Waals surface area (Å²) in [5, 5.41) is 3.02. The average Bonchev–Trinajstić information content (AvgIpc) is 2.38. The van der Waals surface area contributed by atoms with Crippen LogP contribution in [0.3, 0.4) is 0 Å². The van der Waals surface area contributed by atoms with E-state index in [1.807, 2.05) is 20.0 Å². The minimum absolute atomic E-state index is 0.0357. The molecule has 0 bridgehead atoms. The van der Waals surface area contributed by atoms with Crippen LogP contribution < -0.4 is 10.0 Å². The van der Waals surface area contributed by atoms with Crippen molar-refractivity contribution >= 4 is 26.0 Å². The molecule has 0 unspecified atom stereocenters. The van der Waals surface area contributed by atoms with E-state index in [-0.39, 0.29) is 17.0 Å². The highest BCUT2D eigenvalue weighted by Gasteiger charge is 2.33. The van der Waals surface area contributed by atoms with Crippen LogP contribution in [0.1, 0.15) is 25.3 Å². The van der Waals surface area contributed by atoms with Gasteiger partial charge in [0.25, 0.3) is 0 Å². The Morgan fingerprint density at radius 1 is 1.38 bits per heavy atom. The fourth-order valence-electron chi connectivity index (χ4n) is 2.38. The molecule has 0 saturated heterocycles. The molecule has 1 aromatic carbocycles. The zero-order valence-corrected chi connectivity index (χ0v) is 14.6. The highest BCUT2D eigenvalue weighted by Crippen LogP contribution is 2.28. The molecule has 0 amide bonds. The van der Waals surface area contributed by atoms with Crippen LogP contribution in [0.2, 0.25) is 0 Å². The molecule has 1 aliphatic carbocycles. The maximum atomic E-state index is 12.5. The van der Waals surface area contributed by atoms with Gasteiger partial charge in [0.2, 0.25) is 10.0 Å². The van der Waals surface area contributed by atoms with Crippen LogP contribution in [0.15, 0.2) is 27.6 Å². The van der Waals surface area contributed by atoms with E-state index in [1.165, 1.54) is 0 Å². The zero-order valence-electron chi connectivity index (χ0n) is 12.2. The maximum absolute atomic E-state index is 12.5. The van der Waals surface area contributed by atoms with Crippen molar-refractivity contribution in [2.45, 2.75) is 43.4 Å². The van der Waals surface area contributed by atoms with Gasteiger partial charge in [-0.25, -0.2) is 13.1 Å². The van der Waals surface area contributed by atoms with Crippen molar-refractivity contribution in [1.29, 1.82) is 0 Å². The van der Waals surface area contributed by atoms with Gasteiger partial charge in [-0.2, -0.15) is 0 Å². The Morgan fingerprint density at radius 2 is 2.10 bits per heavy atom. The topological polar surface area (TPSA) is 67.4 Å². The third kappa shape index (κ3) is 4.26. The summed E-state index contributed by atoms with van der Waals surface area (Å²) in [6.45, 7) is 3.25. The molecule has 1 saturated carbocycles. The summed E-state index contributed by atoms with van der Waals surface area (Å²) in [4.78, 5) is 0.287. The summed E-state index contributed by atoms with van der Waals surface area (Å²) in [6, 6.07) is 5.33. The Balaban J connectivity index is 2.07. The molecule has 118 valence electrons. The molecule has 0 radical (unpaired) electrons. The second-order valence-electron chi connectivity index (χ2n) is 5.16. The third-order valence-electron chi connectivity index (χ3n) is 3.49. The molecule has 21 heavy (non-hydrogen) atoms. The first-order valence-electron chi connectivity index (χ1n) is 7.03. The molecule has 1 aliphatic rings. The van der Waals surface area contributed by atoms with Gasteiger partial charge >= 0.3 is 0 Å². The summed E-state index contributed by atoms with van der Waals surface area (Å²) in [6.07, 6.45) is 1.66. The van der Waals surface area contributed by atoms with E-state index in [0.29, 0.717) is 17.6 Å². The Morgan fingerprint density at radius 3 is 2.71 bits per heavy atom. The van der Waals surface area contributed by atoms with Gasteiger partial charge in [-0.05, 0) is 60.4 Å². The second kappa shape index (κ2) is 7.19. The van der Waals surface area contributed by atoms with E-state index in [2.05, 4.69) is 26.0 Å². The minimum Gasteiger partial charge on any atom is -0.378 e. The molecule has 0 aromatic heterocycles. The number of halogens is 1. The molecule has 2 rings (SSSR count). The predicted molar refractivity (Wildman–Crippen MR) is 85.7 cm³/mol. The van der Waals surface area contributed by atoms with Crippen molar-refractivity contribution < 1.29 is 13.2 Å². The number of ether oxygens (including phenoxy) is 1. The zero-order chi connectivity index (χ0) is 15.5. The van der Waals surface area contributed by atoms with E-state index >= 15 is 0 Å². The average molecular weight is 377 g/mol. The summed E-state index contributed by atoms with van der Waals surface area (Å²) in [5.74, 6) is 0. The number of nitrogens with one attached hydrogen (secondary N) is 2. The highest BCUT2D eigenvalue weighted by atomic mass is 79.9. The van der Waals surface area contributed by atoms with Crippen LogP contribution in [-0.4, -0.2) is 34.2 Å². The van der Waals surface area contributed by atoms with Crippen molar-refractivity contribution in [3.8, 4) is 0 Å². The first-order chi connectivity index (χ1) is 9.96. The van der Waals surface area contributed by atoms with Gasteiger partial charge in [0.1, 0.15) is 0 Å². The van der Waals surface area contributed by atoms with Gasteiger partial charge in [0.15, 0.2) is 0 Å². The van der Waals surface area contributed by atoms with Crippen LogP contribution in [0.5, 0.6) is 0 Å². The molecule has 0 spiro atoms. The van der Waals surface area contributed by atoms with E-state index in [1.54, 1.807) is 12.1 Å². The van der Waals surface area contributed by atoms with Crippen LogP contribution in [0.25, 0.3) is 0 Å². The van der Waals surface area contributed by atoms with Crippen molar-refractivity contribution in [3.05, 3.63) is 28.2 Å². The Kier molecular flexibility index (Phi) is 5.79. The molecule has 0 aliphatic heterocycles. The molecule has 0 atom stereocenters. The largest absolute Gasteiger partial charge is 0.378 e. The predicted octanol–water partition coefficient (Wildman–Crippen LogP) is 2.01. The quantitative estimate of drug-likeness (QED) is 0.763. The lowest BCUT2D eigenvalue weighted by Crippen LogP contribution is -2.47. The van der Waals surface area contributed by atoms with E-state index in [9.17, 15) is 8.42 Å². The van der Waals surface area contributed by atoms with Gasteiger partial charge in [-0.1, -0.05) is 6.07 Å². The van der Waals surface area contributed by atoms with E-state index in [4.69, 9.17) is 4.74 Å². The molecule has 5 nitrogen and oxygen atoms in total. The molecule has 1 fully saturated rings. The Hall–Kier alpha value is -0.470. The van der Waals surface area contributed by atoms with Crippen molar-refractivity contribution in [1.82, 2.24) is 10.0 Å². The van der Waals surface area contributed by atoms with Crippen LogP contribution in [0.4, 0.5) is 0 Å². The number of benzene rings is 1. The first kappa shape index (κ1) is 16.9. The maximum Gasteiger partial charge on any atom is 0.241 e. The molecule has 2 N–H and O–H groups in total. The van der Waals surface area contributed by atoms with Gasteiger partial charge in [-0.3, -0.25) is 0 Å². The van der Waals surface area contributed by atoms with Crippen molar-refractivity contribution in [3.63, 3.8) is 0 Å². The van der Waals surface area contributed by atoms with Crippen LogP contribution in [-0.2, 0) is 21.3 Å². The lowest BCUT2D eigenvalue weighted by Gasteiger charge is -2.35. The van der Waals surface area contributed by atoms with Crippen molar-refractivity contribution in [2.24, 2.45) is 0 Å². The lowest BCUT2D eigenvalue weighted by molar-refractivity contribution is -0.00476. The lowest BCUT2D eigenvalue weighted by atomic mass is 9.90. The smallest absolute Gasteiger partial charge is 0.241 e. The van der Waals surface area contributed by atoms with Gasteiger partial charge in [0, 0.05) is 23.7 Å². The first-order valence-corrected chi connectivity index (χ1v) is 9.31. The molecular formula is C14H21BrN2O3S. The number of rotatable bonds is 7. The fraction of sp³-hybridized carbons (Fsp3) is 0.571. The monoisotopic (exact) mass is 376 g/mol. The fourth-order valence-corrected chi connectivity index (χ4v) is 4.66. The third-order valence-corrected chi connectivity index (χ3v) is 6.00. The number of hydrogen-bond donors (Lipinski definition) is 2. The summed E-state index contributed by atoms with van der Waals surface area (Å²) in [5.41, 5.74) is 0.932. The van der Waals surface area contributed by atoms with Gasteiger partial charge in [0.05, 0.1) is 11.0 Å².